The maximum atomic E-state index is 4.71. The Morgan fingerprint density at radius 2 is 1.64 bits per heavy atom. The van der Waals surface area contributed by atoms with Crippen molar-refractivity contribution in [3.05, 3.63) is 71.3 Å². The molecule has 1 aliphatic carbocycles. The molecular formula is C26H34N2. The van der Waals surface area contributed by atoms with Crippen LogP contribution >= 0.6 is 0 Å². The van der Waals surface area contributed by atoms with Crippen LogP contribution in [0.1, 0.15) is 75.5 Å². The highest BCUT2D eigenvalue weighted by Crippen LogP contribution is 2.31. The van der Waals surface area contributed by atoms with Crippen LogP contribution in [0.4, 0.5) is 0 Å². The highest BCUT2D eigenvalue weighted by atomic mass is 15.2. The summed E-state index contributed by atoms with van der Waals surface area (Å²) in [5.74, 6) is 1.37. The molecule has 1 fully saturated rings. The van der Waals surface area contributed by atoms with E-state index in [9.17, 15) is 0 Å². The summed E-state index contributed by atoms with van der Waals surface area (Å²) < 4.78 is 0. The van der Waals surface area contributed by atoms with Crippen molar-refractivity contribution in [1.82, 2.24) is 0 Å². The van der Waals surface area contributed by atoms with Crippen molar-refractivity contribution in [3.63, 3.8) is 0 Å². The van der Waals surface area contributed by atoms with Crippen LogP contribution in [-0.4, -0.2) is 11.9 Å². The first kappa shape index (κ1) is 20.5. The van der Waals surface area contributed by atoms with Crippen LogP contribution in [0.15, 0.2) is 64.8 Å². The van der Waals surface area contributed by atoms with Crippen LogP contribution in [-0.2, 0) is 6.42 Å². The molecule has 28 heavy (non-hydrogen) atoms. The van der Waals surface area contributed by atoms with E-state index in [1.54, 1.807) is 0 Å². The fraction of sp³-hybridized carbons (Fsp3) is 0.462. The van der Waals surface area contributed by atoms with Gasteiger partial charge < -0.3 is 0 Å². The lowest BCUT2D eigenvalue weighted by Crippen LogP contribution is -2.21. The molecule has 0 heterocycles. The van der Waals surface area contributed by atoms with Gasteiger partial charge in [0, 0.05) is 5.92 Å². The zero-order valence-corrected chi connectivity index (χ0v) is 17.5. The molecule has 0 saturated heterocycles. The van der Waals surface area contributed by atoms with E-state index < -0.39 is 0 Å². The average Bonchev–Trinajstić information content (AvgIpc) is 2.74. The second kappa shape index (κ2) is 10.9. The molecule has 3 rings (SSSR count). The van der Waals surface area contributed by atoms with Gasteiger partial charge in [0.25, 0.3) is 0 Å². The summed E-state index contributed by atoms with van der Waals surface area (Å²) >= 11 is 0. The molecule has 0 spiro atoms. The summed E-state index contributed by atoms with van der Waals surface area (Å²) in [6.07, 6.45) is 11.9. The summed E-state index contributed by atoms with van der Waals surface area (Å²) in [4.78, 5) is 0. The Labute approximate surface area is 170 Å². The lowest BCUT2D eigenvalue weighted by molar-refractivity contribution is 0.344. The Balaban J connectivity index is 1.70. The molecule has 2 aromatic rings. The van der Waals surface area contributed by atoms with Crippen LogP contribution < -0.4 is 0 Å². The molecule has 0 N–H and O–H groups in total. The van der Waals surface area contributed by atoms with Gasteiger partial charge >= 0.3 is 0 Å². The molecule has 1 aliphatic rings. The third kappa shape index (κ3) is 6.15. The molecular weight excluding hydrogens is 340 g/mol. The Morgan fingerprint density at radius 1 is 0.929 bits per heavy atom. The molecule has 0 unspecified atom stereocenters. The van der Waals surface area contributed by atoms with Crippen molar-refractivity contribution in [2.45, 2.75) is 65.2 Å². The third-order valence-electron chi connectivity index (χ3n) is 5.89. The number of hydrogen-bond donors (Lipinski definition) is 0. The molecule has 2 aromatic carbocycles. The molecule has 0 amide bonds. The maximum absolute atomic E-state index is 4.71. The highest BCUT2D eigenvalue weighted by Gasteiger charge is 2.23. The van der Waals surface area contributed by atoms with Gasteiger partial charge in [-0.1, -0.05) is 94.1 Å². The molecule has 148 valence electrons. The smallest absolute Gasteiger partial charge is 0.0733 e. The van der Waals surface area contributed by atoms with Crippen LogP contribution in [0, 0.1) is 11.8 Å². The predicted molar refractivity (Wildman–Crippen MR) is 121 cm³/mol. The van der Waals surface area contributed by atoms with Crippen molar-refractivity contribution < 1.29 is 0 Å². The van der Waals surface area contributed by atoms with Crippen molar-refractivity contribution >= 4 is 11.9 Å². The Hall–Kier alpha value is -2.22. The van der Waals surface area contributed by atoms with Crippen molar-refractivity contribution in [1.29, 1.82) is 0 Å². The number of benzene rings is 2. The maximum Gasteiger partial charge on any atom is 0.0733 e. The molecule has 0 aromatic heterocycles. The SMILES string of the molecule is CCCCCc1ccc(C=NN=C(c2ccccc2)C2CCC(C)CC2)cc1. The molecule has 0 atom stereocenters. The van der Waals surface area contributed by atoms with Crippen molar-refractivity contribution in [2.75, 3.05) is 0 Å². The average molecular weight is 375 g/mol. The summed E-state index contributed by atoms with van der Waals surface area (Å²) in [5, 5.41) is 9.19. The lowest BCUT2D eigenvalue weighted by atomic mass is 9.79. The van der Waals surface area contributed by atoms with Crippen LogP contribution in [0.25, 0.3) is 0 Å². The van der Waals surface area contributed by atoms with Gasteiger partial charge in [-0.05, 0) is 48.3 Å². The second-order valence-electron chi connectivity index (χ2n) is 8.25. The number of unbranched alkanes of at least 4 members (excludes halogenated alkanes) is 2. The molecule has 1 saturated carbocycles. The first-order chi connectivity index (χ1) is 13.8. The zero-order valence-electron chi connectivity index (χ0n) is 17.5. The van der Waals surface area contributed by atoms with Gasteiger partial charge in [-0.3, -0.25) is 0 Å². The van der Waals surface area contributed by atoms with Crippen LogP contribution in [0.5, 0.6) is 0 Å². The van der Waals surface area contributed by atoms with Gasteiger partial charge in [-0.15, -0.1) is 0 Å². The number of nitrogens with zero attached hydrogens (tertiary/aromatic N) is 2. The topological polar surface area (TPSA) is 24.7 Å². The first-order valence-electron chi connectivity index (χ1n) is 11.0. The van der Waals surface area contributed by atoms with Gasteiger partial charge in [0.15, 0.2) is 0 Å². The zero-order chi connectivity index (χ0) is 19.6. The van der Waals surface area contributed by atoms with E-state index >= 15 is 0 Å². The van der Waals surface area contributed by atoms with Gasteiger partial charge in [-0.2, -0.15) is 10.2 Å². The number of hydrogen-bond acceptors (Lipinski definition) is 2. The second-order valence-corrected chi connectivity index (χ2v) is 8.25. The van der Waals surface area contributed by atoms with E-state index in [1.165, 1.54) is 62.5 Å². The molecule has 0 bridgehead atoms. The van der Waals surface area contributed by atoms with E-state index in [2.05, 4.69) is 73.5 Å². The summed E-state index contributed by atoms with van der Waals surface area (Å²) in [7, 11) is 0. The normalized spacial score (nSPS) is 20.6. The minimum Gasteiger partial charge on any atom is -0.158 e. The number of aryl methyl sites for hydroxylation is 1. The minimum atomic E-state index is 0.525. The van der Waals surface area contributed by atoms with E-state index in [1.807, 2.05) is 6.21 Å². The number of rotatable bonds is 8. The summed E-state index contributed by atoms with van der Waals surface area (Å²) in [5.41, 5.74) is 4.90. The molecule has 0 aliphatic heterocycles. The predicted octanol–water partition coefficient (Wildman–Crippen LogP) is 7.07. The van der Waals surface area contributed by atoms with Crippen LogP contribution in [0.2, 0.25) is 0 Å². The highest BCUT2D eigenvalue weighted by molar-refractivity contribution is 6.02. The van der Waals surface area contributed by atoms with Crippen molar-refractivity contribution in [2.24, 2.45) is 22.0 Å². The van der Waals surface area contributed by atoms with E-state index in [4.69, 9.17) is 5.10 Å². The van der Waals surface area contributed by atoms with E-state index in [0.717, 1.165) is 17.2 Å². The fourth-order valence-corrected chi connectivity index (χ4v) is 4.02. The third-order valence-corrected chi connectivity index (χ3v) is 5.89. The minimum absolute atomic E-state index is 0.525. The standard InChI is InChI=1S/C26H34N2/c1-3-4-6-9-22-14-16-23(17-15-22)20-27-28-26(24-10-7-5-8-11-24)25-18-12-21(2)13-19-25/h5,7-8,10-11,14-17,20-21,25H,3-4,6,9,12-13,18-19H2,1-2H3. The summed E-state index contributed by atoms with van der Waals surface area (Å²) in [6, 6.07) is 19.3. The van der Waals surface area contributed by atoms with Gasteiger partial charge in [0.2, 0.25) is 0 Å². The Morgan fingerprint density at radius 3 is 2.32 bits per heavy atom. The largest absolute Gasteiger partial charge is 0.158 e. The molecule has 0 radical (unpaired) electrons. The monoisotopic (exact) mass is 374 g/mol. The molecule has 2 heteroatoms. The first-order valence-corrected chi connectivity index (χ1v) is 11.0. The summed E-state index contributed by atoms with van der Waals surface area (Å²) in [6.45, 7) is 4.61. The molecule has 2 nitrogen and oxygen atoms in total. The lowest BCUT2D eigenvalue weighted by Gasteiger charge is -2.27. The van der Waals surface area contributed by atoms with Crippen LogP contribution in [0.3, 0.4) is 0 Å². The van der Waals surface area contributed by atoms with Crippen molar-refractivity contribution in [3.8, 4) is 0 Å². The van der Waals surface area contributed by atoms with Gasteiger partial charge in [-0.25, -0.2) is 0 Å². The fourth-order valence-electron chi connectivity index (χ4n) is 4.02. The Bertz CT molecular complexity index is 751. The van der Waals surface area contributed by atoms with E-state index in [0.29, 0.717) is 5.92 Å². The van der Waals surface area contributed by atoms with Gasteiger partial charge in [0.1, 0.15) is 0 Å². The van der Waals surface area contributed by atoms with Gasteiger partial charge in [0.05, 0.1) is 11.9 Å². The van der Waals surface area contributed by atoms with E-state index in [-0.39, 0.29) is 0 Å². The Kier molecular flexibility index (Phi) is 8.02. The quantitative estimate of drug-likeness (QED) is 0.268.